The molecule has 2 aliphatic rings. The van der Waals surface area contributed by atoms with Crippen molar-refractivity contribution in [1.29, 1.82) is 0 Å². The van der Waals surface area contributed by atoms with Crippen molar-refractivity contribution in [2.45, 2.75) is 47.9 Å². The third kappa shape index (κ3) is 4.40. The number of halogens is 1. The van der Waals surface area contributed by atoms with E-state index >= 15 is 0 Å². The van der Waals surface area contributed by atoms with E-state index < -0.39 is 20.0 Å². The molecule has 2 fully saturated rings. The van der Waals surface area contributed by atoms with Gasteiger partial charge in [0.15, 0.2) is 0 Å². The van der Waals surface area contributed by atoms with Crippen LogP contribution in [0.3, 0.4) is 0 Å². The van der Waals surface area contributed by atoms with Gasteiger partial charge in [0.2, 0.25) is 20.0 Å². The van der Waals surface area contributed by atoms with Crippen molar-refractivity contribution in [2.75, 3.05) is 26.2 Å². The van der Waals surface area contributed by atoms with Crippen LogP contribution < -0.4 is 5.73 Å². The lowest BCUT2D eigenvalue weighted by Crippen LogP contribution is -2.33. The van der Waals surface area contributed by atoms with Crippen LogP contribution in [0.4, 0.5) is 0 Å². The van der Waals surface area contributed by atoms with Gasteiger partial charge in [-0.1, -0.05) is 18.9 Å². The molecule has 10 heteroatoms. The van der Waals surface area contributed by atoms with Crippen molar-refractivity contribution >= 4 is 32.5 Å². The molecule has 2 N–H and O–H groups in total. The van der Waals surface area contributed by atoms with Gasteiger partial charge in [-0.15, -0.1) is 12.4 Å². The first-order valence-corrected chi connectivity index (χ1v) is 11.6. The van der Waals surface area contributed by atoms with Crippen molar-refractivity contribution < 1.29 is 16.8 Å². The van der Waals surface area contributed by atoms with Crippen LogP contribution in [-0.4, -0.2) is 57.7 Å². The molecule has 7 nitrogen and oxygen atoms in total. The highest BCUT2D eigenvalue weighted by molar-refractivity contribution is 7.90. The summed E-state index contributed by atoms with van der Waals surface area (Å²) in [6, 6.07) is 5.52. The second-order valence-electron chi connectivity index (χ2n) is 6.70. The van der Waals surface area contributed by atoms with Crippen molar-refractivity contribution in [3.63, 3.8) is 0 Å². The number of nitrogens with two attached hydrogens (primary N) is 1. The van der Waals surface area contributed by atoms with Crippen LogP contribution in [0.5, 0.6) is 0 Å². The molecule has 2 saturated heterocycles. The molecule has 0 bridgehead atoms. The van der Waals surface area contributed by atoms with E-state index in [2.05, 4.69) is 0 Å². The van der Waals surface area contributed by atoms with Gasteiger partial charge in [-0.05, 0) is 37.5 Å². The topological polar surface area (TPSA) is 101 Å². The van der Waals surface area contributed by atoms with Gasteiger partial charge in [-0.25, -0.2) is 16.8 Å². The van der Waals surface area contributed by atoms with E-state index in [0.29, 0.717) is 26.1 Å². The van der Waals surface area contributed by atoms with E-state index in [0.717, 1.165) is 25.7 Å². The second-order valence-corrected chi connectivity index (χ2v) is 10.6. The molecule has 2 aliphatic heterocycles. The number of hydrogen-bond acceptors (Lipinski definition) is 5. The average molecular weight is 424 g/mol. The molecular formula is C16H26ClN3O4S2. The third-order valence-electron chi connectivity index (χ3n) is 4.83. The zero-order valence-electron chi connectivity index (χ0n) is 14.6. The Labute approximate surface area is 162 Å². The predicted molar refractivity (Wildman–Crippen MR) is 102 cm³/mol. The minimum absolute atomic E-state index is 0. The summed E-state index contributed by atoms with van der Waals surface area (Å²) in [5.41, 5.74) is 5.80. The number of benzene rings is 1. The summed E-state index contributed by atoms with van der Waals surface area (Å²) in [5, 5.41) is 0. The van der Waals surface area contributed by atoms with E-state index in [1.165, 1.54) is 32.9 Å². The van der Waals surface area contributed by atoms with Gasteiger partial charge < -0.3 is 5.73 Å². The number of nitrogens with zero attached hydrogens (tertiary/aromatic N) is 2. The molecule has 0 saturated carbocycles. The van der Waals surface area contributed by atoms with Gasteiger partial charge >= 0.3 is 0 Å². The smallest absolute Gasteiger partial charge is 0.243 e. The largest absolute Gasteiger partial charge is 0.326 e. The predicted octanol–water partition coefficient (Wildman–Crippen LogP) is 1.39. The van der Waals surface area contributed by atoms with E-state index in [1.54, 1.807) is 0 Å². The lowest BCUT2D eigenvalue weighted by Gasteiger charge is -2.21. The maximum absolute atomic E-state index is 12.9. The van der Waals surface area contributed by atoms with Crippen molar-refractivity contribution in [3.05, 3.63) is 24.3 Å². The van der Waals surface area contributed by atoms with Crippen molar-refractivity contribution in [3.8, 4) is 0 Å². The van der Waals surface area contributed by atoms with E-state index in [9.17, 15) is 16.8 Å². The highest BCUT2D eigenvalue weighted by Gasteiger charge is 2.32. The van der Waals surface area contributed by atoms with Gasteiger partial charge in [-0.2, -0.15) is 8.61 Å². The Morgan fingerprint density at radius 2 is 1.38 bits per heavy atom. The van der Waals surface area contributed by atoms with Crippen LogP contribution in [0.2, 0.25) is 0 Å². The van der Waals surface area contributed by atoms with Gasteiger partial charge in [0.25, 0.3) is 0 Å². The fourth-order valence-corrected chi connectivity index (χ4v) is 6.54. The van der Waals surface area contributed by atoms with Crippen molar-refractivity contribution in [2.24, 2.45) is 5.73 Å². The maximum atomic E-state index is 12.9. The van der Waals surface area contributed by atoms with Gasteiger partial charge in [0.05, 0.1) is 9.79 Å². The van der Waals surface area contributed by atoms with E-state index in [1.807, 2.05) is 0 Å². The standard InChI is InChI=1S/C16H25N3O4S2.ClH/c17-14-8-11-19(13-14)25(22,23)16-7-5-6-15(12-16)24(20,21)18-9-3-1-2-4-10-18;/h5-7,12,14H,1-4,8-11,13,17H2;1H/t14-;/m1./s1. The van der Waals surface area contributed by atoms with E-state index in [4.69, 9.17) is 5.73 Å². The van der Waals surface area contributed by atoms with Crippen LogP contribution in [0, 0.1) is 0 Å². The number of hydrogen-bond donors (Lipinski definition) is 1. The first kappa shape index (κ1) is 21.6. The van der Waals surface area contributed by atoms with Gasteiger partial charge in [0.1, 0.15) is 0 Å². The Bertz CT molecular complexity index is 822. The quantitative estimate of drug-likeness (QED) is 0.788. The van der Waals surface area contributed by atoms with Gasteiger partial charge in [-0.3, -0.25) is 0 Å². The molecule has 0 amide bonds. The molecule has 0 spiro atoms. The molecule has 26 heavy (non-hydrogen) atoms. The number of rotatable bonds is 4. The summed E-state index contributed by atoms with van der Waals surface area (Å²) in [7, 11) is -7.40. The molecule has 1 aromatic rings. The summed E-state index contributed by atoms with van der Waals surface area (Å²) < 4.78 is 54.1. The first-order valence-electron chi connectivity index (χ1n) is 8.68. The van der Waals surface area contributed by atoms with Crippen LogP contribution in [0.1, 0.15) is 32.1 Å². The highest BCUT2D eigenvalue weighted by atomic mass is 35.5. The first-order chi connectivity index (χ1) is 11.8. The fourth-order valence-electron chi connectivity index (χ4n) is 3.35. The summed E-state index contributed by atoms with van der Waals surface area (Å²) in [6.07, 6.45) is 4.34. The molecule has 1 atom stereocenters. The van der Waals surface area contributed by atoms with Crippen LogP contribution in [-0.2, 0) is 20.0 Å². The van der Waals surface area contributed by atoms with Gasteiger partial charge in [0, 0.05) is 32.2 Å². The molecule has 0 aromatic heterocycles. The van der Waals surface area contributed by atoms with Crippen LogP contribution in [0.25, 0.3) is 0 Å². The Kier molecular flexibility index (Phi) is 7.09. The molecule has 0 aliphatic carbocycles. The molecule has 0 unspecified atom stereocenters. The SMILES string of the molecule is Cl.N[C@@H]1CCN(S(=O)(=O)c2cccc(S(=O)(=O)N3CCCCCC3)c2)C1. The zero-order valence-corrected chi connectivity index (χ0v) is 17.0. The summed E-state index contributed by atoms with van der Waals surface area (Å²) >= 11 is 0. The van der Waals surface area contributed by atoms with Crippen LogP contribution in [0.15, 0.2) is 34.1 Å². The normalized spacial score (nSPS) is 23.3. The van der Waals surface area contributed by atoms with Crippen LogP contribution >= 0.6 is 12.4 Å². The Hall–Kier alpha value is -0.710. The molecule has 1 aromatic carbocycles. The minimum Gasteiger partial charge on any atom is -0.326 e. The minimum atomic E-state index is -3.72. The molecule has 148 valence electrons. The maximum Gasteiger partial charge on any atom is 0.243 e. The Morgan fingerprint density at radius 3 is 1.88 bits per heavy atom. The monoisotopic (exact) mass is 423 g/mol. The second kappa shape index (κ2) is 8.53. The van der Waals surface area contributed by atoms with Crippen molar-refractivity contribution in [1.82, 2.24) is 8.61 Å². The molecular weight excluding hydrogens is 398 g/mol. The molecule has 0 radical (unpaired) electrons. The third-order valence-corrected chi connectivity index (χ3v) is 8.59. The lowest BCUT2D eigenvalue weighted by molar-refractivity contribution is 0.423. The molecule has 3 rings (SSSR count). The highest BCUT2D eigenvalue weighted by Crippen LogP contribution is 2.25. The fraction of sp³-hybridized carbons (Fsp3) is 0.625. The summed E-state index contributed by atoms with van der Waals surface area (Å²) in [4.78, 5) is 0.0523. The average Bonchev–Trinajstić information content (AvgIpc) is 2.86. The zero-order chi connectivity index (χ0) is 18.1. The summed E-state index contributed by atoms with van der Waals surface area (Å²) in [6.45, 7) is 1.61. The lowest BCUT2D eigenvalue weighted by atomic mass is 10.2. The van der Waals surface area contributed by atoms with E-state index in [-0.39, 0.29) is 34.8 Å². The molecule has 2 heterocycles. The number of sulfonamides is 2. The summed E-state index contributed by atoms with van der Waals surface area (Å²) in [5.74, 6) is 0. The Balaban J connectivity index is 0.00000243. The Morgan fingerprint density at radius 1 is 0.846 bits per heavy atom.